The molecule has 0 saturated carbocycles. The number of rotatable bonds is 1. The van der Waals surface area contributed by atoms with E-state index in [1.165, 1.54) is 18.2 Å². The fourth-order valence-electron chi connectivity index (χ4n) is 1.83. The van der Waals surface area contributed by atoms with E-state index in [0.29, 0.717) is 28.5 Å². The van der Waals surface area contributed by atoms with Crippen LogP contribution in [0.15, 0.2) is 42.0 Å². The quantitative estimate of drug-likeness (QED) is 0.771. The number of halogens is 2. The lowest BCUT2D eigenvalue weighted by molar-refractivity contribution is 0.112. The number of ether oxygens (including phenoxy) is 1. The fraction of sp³-hybridized carbons (Fsp3) is 0.0588. The van der Waals surface area contributed by atoms with E-state index >= 15 is 0 Å². The van der Waals surface area contributed by atoms with Gasteiger partial charge >= 0.3 is 0 Å². The summed E-state index contributed by atoms with van der Waals surface area (Å²) in [6, 6.07) is 11.7. The van der Waals surface area contributed by atoms with Crippen molar-refractivity contribution >= 4 is 35.6 Å². The van der Waals surface area contributed by atoms with Crippen molar-refractivity contribution in [1.82, 2.24) is 0 Å². The topological polar surface area (TPSA) is 70.3 Å². The summed E-state index contributed by atoms with van der Waals surface area (Å²) in [5.41, 5.74) is 1.71. The Morgan fingerprint density at radius 2 is 1.87 bits per heavy atom. The van der Waals surface area contributed by atoms with Crippen LogP contribution in [0.1, 0.15) is 15.9 Å². The van der Waals surface area contributed by atoms with Crippen LogP contribution in [-0.2, 0) is 0 Å². The lowest BCUT2D eigenvalue weighted by Gasteiger charge is -2.13. The molecule has 0 aliphatic carbocycles. The molecular formula is C17H11Cl2NO3. The first-order chi connectivity index (χ1) is 11.0. The molecule has 2 aromatic rings. The molecule has 0 amide bonds. The molecule has 0 saturated heterocycles. The maximum Gasteiger partial charge on any atom is 0.153 e. The minimum atomic E-state index is -0.0422. The second kappa shape index (κ2) is 7.68. The monoisotopic (exact) mass is 347 g/mol. The Bertz CT molecular complexity index is 810. The van der Waals surface area contributed by atoms with Gasteiger partial charge in [-0.05, 0) is 42.5 Å². The van der Waals surface area contributed by atoms with E-state index in [0.717, 1.165) is 11.3 Å². The highest BCUT2D eigenvalue weighted by Gasteiger charge is 2.10. The van der Waals surface area contributed by atoms with Crippen LogP contribution in [0.25, 0.3) is 6.08 Å². The van der Waals surface area contributed by atoms with Crippen LogP contribution in [0.2, 0.25) is 10.0 Å². The molecule has 1 aliphatic heterocycles. The number of hydrogen-bond acceptors (Lipinski definition) is 4. The molecule has 23 heavy (non-hydrogen) atoms. The molecule has 0 spiro atoms. The van der Waals surface area contributed by atoms with Gasteiger partial charge in [0.2, 0.25) is 0 Å². The first-order valence-electron chi connectivity index (χ1n) is 6.50. The number of phenolic OH excluding ortho intramolecular Hbond substituents is 1. The van der Waals surface area contributed by atoms with Gasteiger partial charge in [-0.15, -0.1) is 0 Å². The number of aldehydes is 1. The summed E-state index contributed by atoms with van der Waals surface area (Å²) in [5, 5.41) is 18.7. The van der Waals surface area contributed by atoms with Crippen molar-refractivity contribution in [3.05, 3.63) is 63.1 Å². The normalized spacial score (nSPS) is 11.8. The van der Waals surface area contributed by atoms with Crippen molar-refractivity contribution in [2.45, 2.75) is 0 Å². The number of nitriles is 1. The molecule has 1 aliphatic rings. The molecule has 1 heterocycles. The maximum absolute atomic E-state index is 10.2. The van der Waals surface area contributed by atoms with Gasteiger partial charge in [0.05, 0.1) is 17.2 Å². The smallest absolute Gasteiger partial charge is 0.153 e. The van der Waals surface area contributed by atoms with E-state index < -0.39 is 0 Å². The van der Waals surface area contributed by atoms with Crippen molar-refractivity contribution in [3.63, 3.8) is 0 Å². The SMILES string of the molecule is N#CC1=Cc2cc(Cl)ccc2OC1.O=Cc1cc(Cl)ccc1O. The van der Waals surface area contributed by atoms with Gasteiger partial charge < -0.3 is 9.84 Å². The largest absolute Gasteiger partial charge is 0.507 e. The number of phenols is 1. The van der Waals surface area contributed by atoms with Crippen LogP contribution < -0.4 is 4.74 Å². The summed E-state index contributed by atoms with van der Waals surface area (Å²) in [4.78, 5) is 10.2. The maximum atomic E-state index is 10.2. The highest BCUT2D eigenvalue weighted by Crippen LogP contribution is 2.28. The van der Waals surface area contributed by atoms with Crippen LogP contribution in [0.3, 0.4) is 0 Å². The van der Waals surface area contributed by atoms with E-state index in [4.69, 9.17) is 38.3 Å². The van der Waals surface area contributed by atoms with Crippen molar-refractivity contribution in [2.75, 3.05) is 6.61 Å². The van der Waals surface area contributed by atoms with Crippen LogP contribution in [0.5, 0.6) is 11.5 Å². The molecule has 0 bridgehead atoms. The van der Waals surface area contributed by atoms with Gasteiger partial charge in [0, 0.05) is 15.6 Å². The van der Waals surface area contributed by atoms with Gasteiger partial charge in [0.15, 0.2) is 6.29 Å². The summed E-state index contributed by atoms with van der Waals surface area (Å²) in [6.07, 6.45) is 2.35. The number of aromatic hydroxyl groups is 1. The number of carbonyl (C=O) groups excluding carboxylic acids is 1. The standard InChI is InChI=1S/C10H6ClNO.C7H5ClO2/c11-9-1-2-10-8(4-9)3-7(5-12)6-13-10;8-6-1-2-7(10)5(3-6)4-9/h1-4H,6H2;1-4,10H. The molecule has 0 atom stereocenters. The molecule has 0 aromatic heterocycles. The van der Waals surface area contributed by atoms with Crippen LogP contribution in [-0.4, -0.2) is 18.0 Å². The van der Waals surface area contributed by atoms with E-state index in [1.807, 2.05) is 6.07 Å². The number of hydrogen-bond donors (Lipinski definition) is 1. The second-order valence-electron chi connectivity index (χ2n) is 4.57. The molecule has 116 valence electrons. The summed E-state index contributed by atoms with van der Waals surface area (Å²) < 4.78 is 5.33. The van der Waals surface area contributed by atoms with Crippen LogP contribution in [0, 0.1) is 11.3 Å². The lowest BCUT2D eigenvalue weighted by Crippen LogP contribution is -2.05. The van der Waals surface area contributed by atoms with E-state index in [2.05, 4.69) is 6.07 Å². The predicted molar refractivity (Wildman–Crippen MR) is 89.0 cm³/mol. The average molecular weight is 348 g/mol. The summed E-state index contributed by atoms with van der Waals surface area (Å²) >= 11 is 11.3. The van der Waals surface area contributed by atoms with Gasteiger partial charge in [0.25, 0.3) is 0 Å². The van der Waals surface area contributed by atoms with Gasteiger partial charge in [-0.3, -0.25) is 4.79 Å². The van der Waals surface area contributed by atoms with Gasteiger partial charge in [-0.2, -0.15) is 5.26 Å². The van der Waals surface area contributed by atoms with Gasteiger partial charge in [-0.25, -0.2) is 0 Å². The minimum Gasteiger partial charge on any atom is -0.507 e. The highest BCUT2D eigenvalue weighted by atomic mass is 35.5. The summed E-state index contributed by atoms with van der Waals surface area (Å²) in [6.45, 7) is 0.352. The van der Waals surface area contributed by atoms with Crippen molar-refractivity contribution in [3.8, 4) is 17.6 Å². The molecular weight excluding hydrogens is 337 g/mol. The fourth-order valence-corrected chi connectivity index (χ4v) is 2.19. The predicted octanol–water partition coefficient (Wildman–Crippen LogP) is 4.50. The van der Waals surface area contributed by atoms with E-state index in [1.54, 1.807) is 18.2 Å². The van der Waals surface area contributed by atoms with E-state index in [9.17, 15) is 4.79 Å². The molecule has 4 nitrogen and oxygen atoms in total. The Kier molecular flexibility index (Phi) is 5.64. The van der Waals surface area contributed by atoms with Gasteiger partial charge in [-0.1, -0.05) is 23.2 Å². The molecule has 6 heteroatoms. The van der Waals surface area contributed by atoms with E-state index in [-0.39, 0.29) is 11.3 Å². The molecule has 0 unspecified atom stereocenters. The zero-order chi connectivity index (χ0) is 16.8. The van der Waals surface area contributed by atoms with Crippen LogP contribution >= 0.6 is 23.2 Å². The second-order valence-corrected chi connectivity index (χ2v) is 5.45. The average Bonchev–Trinajstić information content (AvgIpc) is 2.56. The summed E-state index contributed by atoms with van der Waals surface area (Å²) in [7, 11) is 0. The molecule has 3 rings (SSSR count). The Labute approximate surface area is 143 Å². The lowest BCUT2D eigenvalue weighted by atomic mass is 10.1. The molecule has 0 fully saturated rings. The van der Waals surface area contributed by atoms with Crippen molar-refractivity contribution < 1.29 is 14.6 Å². The van der Waals surface area contributed by atoms with Crippen LogP contribution in [0.4, 0.5) is 0 Å². The third-order valence-electron chi connectivity index (χ3n) is 2.94. The molecule has 1 N–H and O–H groups in total. The first-order valence-corrected chi connectivity index (χ1v) is 7.26. The zero-order valence-electron chi connectivity index (χ0n) is 11.8. The Morgan fingerprint density at radius 3 is 2.52 bits per heavy atom. The Hall–Kier alpha value is -2.48. The first kappa shape index (κ1) is 16.9. The summed E-state index contributed by atoms with van der Waals surface area (Å²) in [5.74, 6) is 0.739. The molecule has 0 radical (unpaired) electrons. The third-order valence-corrected chi connectivity index (χ3v) is 3.42. The van der Waals surface area contributed by atoms with Gasteiger partial charge in [0.1, 0.15) is 18.1 Å². The minimum absolute atomic E-state index is 0.0422. The highest BCUT2D eigenvalue weighted by molar-refractivity contribution is 6.31. The molecule has 2 aromatic carbocycles. The van der Waals surface area contributed by atoms with Crippen molar-refractivity contribution in [2.24, 2.45) is 0 Å². The van der Waals surface area contributed by atoms with Crippen molar-refractivity contribution in [1.29, 1.82) is 5.26 Å². The number of fused-ring (bicyclic) bond motifs is 1. The zero-order valence-corrected chi connectivity index (χ0v) is 13.3. The Morgan fingerprint density at radius 1 is 1.17 bits per heavy atom. The number of nitrogens with zero attached hydrogens (tertiary/aromatic N) is 1. The third kappa shape index (κ3) is 4.49. The number of carbonyl (C=O) groups is 1. The number of benzene rings is 2. The Balaban J connectivity index is 0.000000174.